The lowest BCUT2D eigenvalue weighted by atomic mass is 9.84. The van der Waals surface area contributed by atoms with Gasteiger partial charge in [-0.15, -0.1) is 0 Å². The van der Waals surface area contributed by atoms with E-state index in [1.54, 1.807) is 12.9 Å². The molecule has 3 N–H and O–H groups in total. The van der Waals surface area contributed by atoms with Crippen molar-refractivity contribution >= 4 is 39.8 Å². The molecular weight excluding hydrogens is 364 g/mol. The second kappa shape index (κ2) is 6.68. The normalized spacial score (nSPS) is 16.1. The zero-order chi connectivity index (χ0) is 16.6. The van der Waals surface area contributed by atoms with Crippen LogP contribution in [0.2, 0.25) is 6.82 Å². The van der Waals surface area contributed by atoms with Crippen molar-refractivity contribution in [2.75, 3.05) is 31.1 Å². The Morgan fingerprint density at radius 3 is 2.52 bits per heavy atom. The average Bonchev–Trinajstić information content (AvgIpc) is 2.55. The molecule has 1 saturated heterocycles. The first-order chi connectivity index (χ1) is 11.0. The van der Waals surface area contributed by atoms with E-state index in [0.29, 0.717) is 27.0 Å². The molecule has 1 fully saturated rings. The summed E-state index contributed by atoms with van der Waals surface area (Å²) in [6.07, 6.45) is 0. The van der Waals surface area contributed by atoms with Crippen molar-refractivity contribution in [2.24, 2.45) is 5.73 Å². The largest absolute Gasteiger partial charge is 0.437 e. The summed E-state index contributed by atoms with van der Waals surface area (Å²) in [6, 6.07) is 2.99. The Labute approximate surface area is 142 Å². The molecule has 1 aliphatic rings. The lowest BCUT2D eigenvalue weighted by Crippen LogP contribution is -2.52. The van der Waals surface area contributed by atoms with E-state index in [-0.39, 0.29) is 12.4 Å². The van der Waals surface area contributed by atoms with Crippen LogP contribution in [0.5, 0.6) is 0 Å². The molecule has 2 heterocycles. The van der Waals surface area contributed by atoms with E-state index in [0.717, 1.165) is 26.2 Å². The summed E-state index contributed by atoms with van der Waals surface area (Å²) in [5.74, 6) is 0.337. The minimum atomic E-state index is -0.458. The summed E-state index contributed by atoms with van der Waals surface area (Å²) < 4.78 is 14.1. The number of benzene rings is 1. The van der Waals surface area contributed by atoms with Gasteiger partial charge in [-0.05, 0) is 28.8 Å². The molecule has 0 spiro atoms. The van der Waals surface area contributed by atoms with Crippen LogP contribution in [0.15, 0.2) is 16.6 Å². The summed E-state index contributed by atoms with van der Waals surface area (Å²) in [4.78, 5) is 13.2. The quantitative estimate of drug-likeness (QED) is 0.778. The van der Waals surface area contributed by atoms with Crippen LogP contribution in [0.1, 0.15) is 5.69 Å². The topological polar surface area (TPSA) is 78.5 Å². The number of hydrogen-bond acceptors (Lipinski definition) is 6. The van der Waals surface area contributed by atoms with E-state index >= 15 is 0 Å². The smallest absolute Gasteiger partial charge is 0.376 e. The maximum atomic E-state index is 13.8. The lowest BCUT2D eigenvalue weighted by Gasteiger charge is -2.36. The standard InChI is InChI=1S/C14H18BBrFN5O/c1-15(23)22-4-2-21(3-5-22)14-13(8-18)19-11-6-9(16)10(17)7-12(11)20-14/h6-7,23H,2-5,8,18H2,1H3. The highest BCUT2D eigenvalue weighted by Gasteiger charge is 2.25. The first kappa shape index (κ1) is 16.6. The third-order valence-electron chi connectivity index (χ3n) is 4.09. The fourth-order valence-electron chi connectivity index (χ4n) is 2.78. The second-order valence-electron chi connectivity index (χ2n) is 5.61. The molecule has 0 unspecified atom stereocenters. The zero-order valence-electron chi connectivity index (χ0n) is 12.8. The Hall–Kier alpha value is -1.29. The van der Waals surface area contributed by atoms with E-state index in [4.69, 9.17) is 5.73 Å². The maximum Gasteiger partial charge on any atom is 0.376 e. The van der Waals surface area contributed by atoms with Gasteiger partial charge in [-0.3, -0.25) is 0 Å². The molecule has 3 rings (SSSR count). The van der Waals surface area contributed by atoms with E-state index in [1.165, 1.54) is 6.07 Å². The molecule has 0 aliphatic carbocycles. The van der Waals surface area contributed by atoms with Crippen molar-refractivity contribution in [3.8, 4) is 0 Å². The summed E-state index contributed by atoms with van der Waals surface area (Å²) in [5.41, 5.74) is 7.65. The van der Waals surface area contributed by atoms with Gasteiger partial charge in [-0.1, -0.05) is 0 Å². The summed E-state index contributed by atoms with van der Waals surface area (Å²) in [5, 5.41) is 9.65. The van der Waals surface area contributed by atoms with Crippen molar-refractivity contribution < 1.29 is 9.41 Å². The Morgan fingerprint density at radius 2 is 1.91 bits per heavy atom. The summed E-state index contributed by atoms with van der Waals surface area (Å²) in [6.45, 7) is 4.93. The maximum absolute atomic E-state index is 13.8. The molecule has 0 atom stereocenters. The molecule has 1 aromatic heterocycles. The molecule has 1 aliphatic heterocycles. The molecule has 9 heteroatoms. The molecule has 2 aromatic rings. The monoisotopic (exact) mass is 381 g/mol. The van der Waals surface area contributed by atoms with Crippen LogP contribution >= 0.6 is 15.9 Å². The molecular formula is C14H18BBrFN5O. The first-order valence-corrected chi connectivity index (χ1v) is 8.31. The average molecular weight is 382 g/mol. The van der Waals surface area contributed by atoms with Crippen molar-refractivity contribution in [1.29, 1.82) is 0 Å². The van der Waals surface area contributed by atoms with Crippen LogP contribution in [0.25, 0.3) is 11.0 Å². The Balaban J connectivity index is 1.95. The highest BCUT2D eigenvalue weighted by Crippen LogP contribution is 2.25. The number of hydrogen-bond donors (Lipinski definition) is 2. The summed E-state index contributed by atoms with van der Waals surface area (Å²) in [7, 11) is -0.458. The number of halogens is 2. The molecule has 6 nitrogen and oxygen atoms in total. The van der Waals surface area contributed by atoms with E-state index in [9.17, 15) is 9.41 Å². The van der Waals surface area contributed by atoms with Crippen molar-refractivity contribution in [3.63, 3.8) is 0 Å². The number of fused-ring (bicyclic) bond motifs is 1. The predicted octanol–water partition coefficient (Wildman–Crippen LogP) is 1.22. The van der Waals surface area contributed by atoms with Gasteiger partial charge in [-0.2, -0.15) is 0 Å². The Morgan fingerprint density at radius 1 is 1.26 bits per heavy atom. The molecule has 0 amide bonds. The highest BCUT2D eigenvalue weighted by atomic mass is 79.9. The van der Waals surface area contributed by atoms with Crippen LogP contribution in [0, 0.1) is 5.82 Å². The number of anilines is 1. The fraction of sp³-hybridized carbons (Fsp3) is 0.429. The lowest BCUT2D eigenvalue weighted by molar-refractivity contribution is 0.343. The number of aromatic nitrogens is 2. The molecule has 0 bridgehead atoms. The number of rotatable bonds is 3. The van der Waals surface area contributed by atoms with Crippen LogP contribution in [-0.2, 0) is 6.54 Å². The fourth-order valence-corrected chi connectivity index (χ4v) is 3.11. The van der Waals surface area contributed by atoms with Gasteiger partial charge in [0, 0.05) is 38.8 Å². The number of nitrogens with two attached hydrogens (primary N) is 1. The molecule has 0 radical (unpaired) electrons. The van der Waals surface area contributed by atoms with E-state index < -0.39 is 7.05 Å². The number of nitrogens with zero attached hydrogens (tertiary/aromatic N) is 4. The SMILES string of the molecule is CB(O)N1CCN(c2nc3cc(F)c(Br)cc3nc2CN)CC1. The van der Waals surface area contributed by atoms with E-state index in [2.05, 4.69) is 30.8 Å². The van der Waals surface area contributed by atoms with Crippen LogP contribution in [-0.4, -0.2) is 53.0 Å². The molecule has 122 valence electrons. The van der Waals surface area contributed by atoms with E-state index in [1.807, 2.05) is 4.81 Å². The summed E-state index contributed by atoms with van der Waals surface area (Å²) >= 11 is 3.16. The van der Waals surface area contributed by atoms with Gasteiger partial charge >= 0.3 is 7.05 Å². The molecule has 1 aromatic carbocycles. The van der Waals surface area contributed by atoms with Crippen LogP contribution in [0.4, 0.5) is 10.2 Å². The zero-order valence-corrected chi connectivity index (χ0v) is 14.4. The van der Waals surface area contributed by atoms with Gasteiger partial charge in [0.15, 0.2) is 5.82 Å². The number of piperazine rings is 1. The molecule has 0 saturated carbocycles. The van der Waals surface area contributed by atoms with Crippen molar-refractivity contribution in [1.82, 2.24) is 14.8 Å². The van der Waals surface area contributed by atoms with Gasteiger partial charge < -0.3 is 20.5 Å². The van der Waals surface area contributed by atoms with Gasteiger partial charge in [0.2, 0.25) is 0 Å². The van der Waals surface area contributed by atoms with Crippen molar-refractivity contribution in [2.45, 2.75) is 13.4 Å². The van der Waals surface area contributed by atoms with Crippen LogP contribution in [0.3, 0.4) is 0 Å². The van der Waals surface area contributed by atoms with Crippen LogP contribution < -0.4 is 10.6 Å². The molecule has 23 heavy (non-hydrogen) atoms. The van der Waals surface area contributed by atoms with Gasteiger partial charge in [0.1, 0.15) is 5.82 Å². The third-order valence-corrected chi connectivity index (χ3v) is 4.70. The minimum Gasteiger partial charge on any atom is -0.437 e. The van der Waals surface area contributed by atoms with Crippen molar-refractivity contribution in [3.05, 3.63) is 28.1 Å². The third kappa shape index (κ3) is 3.32. The minimum absolute atomic E-state index is 0.268. The van der Waals surface area contributed by atoms with Gasteiger partial charge in [-0.25, -0.2) is 14.4 Å². The predicted molar refractivity (Wildman–Crippen MR) is 92.7 cm³/mol. The van der Waals surface area contributed by atoms with Gasteiger partial charge in [0.05, 0.1) is 21.2 Å². The van der Waals surface area contributed by atoms with Gasteiger partial charge in [0.25, 0.3) is 0 Å². The Kier molecular flexibility index (Phi) is 4.81. The Bertz CT molecular complexity index is 724. The highest BCUT2D eigenvalue weighted by molar-refractivity contribution is 9.10. The second-order valence-corrected chi connectivity index (χ2v) is 6.46. The first-order valence-electron chi connectivity index (χ1n) is 7.52.